The SMILES string of the molecule is O=C(Nc1c2c(nn1-c1ccccc1)CSC2)C(=O)N1CC[NH+](CCO)CC1. The maximum atomic E-state index is 12.7. The number of nitrogens with zero attached hydrogens (tertiary/aromatic N) is 3. The van der Waals surface area contributed by atoms with Crippen molar-refractivity contribution < 1.29 is 19.6 Å². The number of nitrogens with one attached hydrogen (secondary N) is 2. The number of hydrogen-bond acceptors (Lipinski definition) is 5. The van der Waals surface area contributed by atoms with E-state index in [0.29, 0.717) is 25.5 Å². The van der Waals surface area contributed by atoms with Gasteiger partial charge in [0, 0.05) is 17.1 Å². The number of quaternary nitrogens is 1. The summed E-state index contributed by atoms with van der Waals surface area (Å²) in [6.45, 7) is 3.34. The Kier molecular flexibility index (Phi) is 5.65. The smallest absolute Gasteiger partial charge is 0.315 e. The second-order valence-corrected chi connectivity index (χ2v) is 7.97. The monoisotopic (exact) mass is 402 g/mol. The largest absolute Gasteiger partial charge is 0.391 e. The minimum absolute atomic E-state index is 0.135. The molecule has 0 aliphatic carbocycles. The molecule has 1 aromatic heterocycles. The van der Waals surface area contributed by atoms with Crippen molar-refractivity contribution in [3.63, 3.8) is 0 Å². The van der Waals surface area contributed by atoms with Gasteiger partial charge in [-0.2, -0.15) is 16.9 Å². The Bertz CT molecular complexity index is 862. The van der Waals surface area contributed by atoms with Crippen LogP contribution in [0.3, 0.4) is 0 Å². The van der Waals surface area contributed by atoms with E-state index in [1.54, 1.807) is 21.3 Å². The highest BCUT2D eigenvalue weighted by Gasteiger charge is 2.30. The van der Waals surface area contributed by atoms with Crippen LogP contribution in [0.2, 0.25) is 0 Å². The predicted octanol–water partition coefficient (Wildman–Crippen LogP) is -0.723. The lowest BCUT2D eigenvalue weighted by atomic mass is 10.2. The third kappa shape index (κ3) is 3.78. The summed E-state index contributed by atoms with van der Waals surface area (Å²) in [5, 5.41) is 16.5. The van der Waals surface area contributed by atoms with Gasteiger partial charge in [0.25, 0.3) is 0 Å². The molecule has 2 aliphatic heterocycles. The van der Waals surface area contributed by atoms with Crippen molar-refractivity contribution in [2.24, 2.45) is 0 Å². The molecular weight excluding hydrogens is 378 g/mol. The van der Waals surface area contributed by atoms with Gasteiger partial charge >= 0.3 is 11.8 Å². The van der Waals surface area contributed by atoms with Gasteiger partial charge in [0.2, 0.25) is 0 Å². The standard InChI is InChI=1S/C19H23N5O3S/c25-11-10-22-6-8-23(9-7-22)19(27)18(26)20-17-15-12-28-13-16(15)21-24(17)14-4-2-1-3-5-14/h1-5,25H,6-13H2,(H,20,26)/p+1. The van der Waals surface area contributed by atoms with Gasteiger partial charge < -0.3 is 20.2 Å². The van der Waals surface area contributed by atoms with Crippen LogP contribution in [0, 0.1) is 0 Å². The van der Waals surface area contributed by atoms with E-state index in [1.807, 2.05) is 30.3 Å². The van der Waals surface area contributed by atoms with Crippen LogP contribution in [0.4, 0.5) is 5.82 Å². The minimum atomic E-state index is -0.623. The van der Waals surface area contributed by atoms with E-state index in [9.17, 15) is 9.59 Å². The summed E-state index contributed by atoms with van der Waals surface area (Å²) in [5.74, 6) is 1.04. The van der Waals surface area contributed by atoms with Crippen LogP contribution in [0.25, 0.3) is 5.69 Å². The van der Waals surface area contributed by atoms with Crippen molar-refractivity contribution in [1.29, 1.82) is 0 Å². The molecule has 0 radical (unpaired) electrons. The van der Waals surface area contributed by atoms with Gasteiger partial charge in [-0.15, -0.1) is 0 Å². The Morgan fingerprint density at radius 2 is 1.93 bits per heavy atom. The molecule has 148 valence electrons. The fourth-order valence-corrected chi connectivity index (χ4v) is 4.67. The number of para-hydroxylation sites is 1. The van der Waals surface area contributed by atoms with E-state index in [0.717, 1.165) is 41.5 Å². The Balaban J connectivity index is 1.50. The molecule has 2 aliphatic rings. The molecule has 0 atom stereocenters. The van der Waals surface area contributed by atoms with Gasteiger partial charge in [0.15, 0.2) is 0 Å². The van der Waals surface area contributed by atoms with Crippen LogP contribution in [-0.2, 0) is 21.1 Å². The van der Waals surface area contributed by atoms with Crippen LogP contribution in [0.15, 0.2) is 30.3 Å². The number of carbonyl (C=O) groups excluding carboxylic acids is 2. The fourth-order valence-electron chi connectivity index (χ4n) is 3.64. The number of carbonyl (C=O) groups is 2. The summed E-state index contributed by atoms with van der Waals surface area (Å²) < 4.78 is 1.72. The molecule has 0 spiro atoms. The lowest BCUT2D eigenvalue weighted by Crippen LogP contribution is -3.15. The number of fused-ring (bicyclic) bond motifs is 1. The second-order valence-electron chi connectivity index (χ2n) is 6.98. The Morgan fingerprint density at radius 3 is 2.64 bits per heavy atom. The average Bonchev–Trinajstić information content (AvgIpc) is 3.31. The maximum Gasteiger partial charge on any atom is 0.315 e. The highest BCUT2D eigenvalue weighted by molar-refractivity contribution is 7.98. The van der Waals surface area contributed by atoms with Crippen LogP contribution in [0.1, 0.15) is 11.3 Å². The fraction of sp³-hybridized carbons (Fsp3) is 0.421. The molecule has 0 saturated carbocycles. The predicted molar refractivity (Wildman–Crippen MR) is 106 cm³/mol. The summed E-state index contributed by atoms with van der Waals surface area (Å²) in [6.07, 6.45) is 0. The number of piperazine rings is 1. The maximum absolute atomic E-state index is 12.7. The Labute approximate surface area is 167 Å². The molecule has 1 aromatic carbocycles. The van der Waals surface area contributed by atoms with Gasteiger partial charge in [-0.05, 0) is 12.1 Å². The Hall–Kier alpha value is -2.36. The zero-order valence-electron chi connectivity index (χ0n) is 15.6. The molecule has 28 heavy (non-hydrogen) atoms. The van der Waals surface area contributed by atoms with Crippen molar-refractivity contribution in [3.8, 4) is 5.69 Å². The quantitative estimate of drug-likeness (QED) is 0.587. The van der Waals surface area contributed by atoms with Crippen LogP contribution >= 0.6 is 11.8 Å². The van der Waals surface area contributed by atoms with E-state index < -0.39 is 11.8 Å². The molecule has 4 rings (SSSR count). The molecule has 0 bridgehead atoms. The third-order valence-electron chi connectivity index (χ3n) is 5.20. The molecule has 1 saturated heterocycles. The highest BCUT2D eigenvalue weighted by Crippen LogP contribution is 2.36. The van der Waals surface area contributed by atoms with Gasteiger partial charge in [-0.25, -0.2) is 4.68 Å². The number of thioether (sulfide) groups is 1. The molecule has 0 unspecified atom stereocenters. The number of aromatic nitrogens is 2. The van der Waals surface area contributed by atoms with E-state index in [1.165, 1.54) is 4.90 Å². The summed E-state index contributed by atoms with van der Waals surface area (Å²) in [4.78, 5) is 28.2. The van der Waals surface area contributed by atoms with Gasteiger partial charge in [-0.1, -0.05) is 18.2 Å². The van der Waals surface area contributed by atoms with Crippen molar-refractivity contribution in [2.75, 3.05) is 44.6 Å². The molecule has 9 heteroatoms. The first-order valence-corrected chi connectivity index (χ1v) is 10.6. The molecular formula is C19H24N5O3S+. The third-order valence-corrected chi connectivity index (χ3v) is 6.17. The number of benzene rings is 1. The summed E-state index contributed by atoms with van der Waals surface area (Å²) >= 11 is 1.75. The Morgan fingerprint density at radius 1 is 1.18 bits per heavy atom. The second kappa shape index (κ2) is 8.34. The molecule has 8 nitrogen and oxygen atoms in total. The van der Waals surface area contributed by atoms with Crippen molar-refractivity contribution in [1.82, 2.24) is 14.7 Å². The number of anilines is 1. The van der Waals surface area contributed by atoms with E-state index >= 15 is 0 Å². The first-order chi connectivity index (χ1) is 13.7. The topological polar surface area (TPSA) is 91.9 Å². The first kappa shape index (κ1) is 19.0. The summed E-state index contributed by atoms with van der Waals surface area (Å²) in [5.41, 5.74) is 2.80. The van der Waals surface area contributed by atoms with Crippen LogP contribution in [0.5, 0.6) is 0 Å². The van der Waals surface area contributed by atoms with Crippen molar-refractivity contribution in [3.05, 3.63) is 41.6 Å². The van der Waals surface area contributed by atoms with E-state index in [4.69, 9.17) is 5.11 Å². The van der Waals surface area contributed by atoms with Crippen molar-refractivity contribution in [2.45, 2.75) is 11.5 Å². The molecule has 2 aromatic rings. The van der Waals surface area contributed by atoms with Crippen LogP contribution in [-0.4, -0.2) is 70.9 Å². The van der Waals surface area contributed by atoms with Gasteiger partial charge in [-0.3, -0.25) is 9.59 Å². The number of amides is 2. The number of hydrogen-bond donors (Lipinski definition) is 3. The van der Waals surface area contributed by atoms with Gasteiger partial charge in [0.1, 0.15) is 12.4 Å². The number of aliphatic hydroxyl groups excluding tert-OH is 1. The molecule has 2 amide bonds. The summed E-state index contributed by atoms with van der Waals surface area (Å²) in [7, 11) is 0. The zero-order chi connectivity index (χ0) is 19.5. The lowest BCUT2D eigenvalue weighted by Gasteiger charge is -2.31. The average molecular weight is 403 g/mol. The zero-order valence-corrected chi connectivity index (χ0v) is 16.4. The van der Waals surface area contributed by atoms with Crippen molar-refractivity contribution >= 4 is 29.4 Å². The summed E-state index contributed by atoms with van der Waals surface area (Å²) in [6, 6.07) is 9.62. The first-order valence-electron chi connectivity index (χ1n) is 9.46. The van der Waals surface area contributed by atoms with Gasteiger partial charge in [0.05, 0.1) is 44.2 Å². The minimum Gasteiger partial charge on any atom is -0.391 e. The highest BCUT2D eigenvalue weighted by atomic mass is 32.2. The van der Waals surface area contributed by atoms with E-state index in [2.05, 4.69) is 10.4 Å². The van der Waals surface area contributed by atoms with Crippen LogP contribution < -0.4 is 10.2 Å². The van der Waals surface area contributed by atoms with E-state index in [-0.39, 0.29) is 6.61 Å². The normalized spacial score (nSPS) is 16.8. The number of aliphatic hydroxyl groups is 1. The molecule has 3 N–H and O–H groups in total. The molecule has 3 heterocycles. The molecule has 1 fully saturated rings. The number of rotatable bonds is 4. The lowest BCUT2D eigenvalue weighted by molar-refractivity contribution is -0.904.